The standard InChI is InChI=1S/C18H23N3O2S/c1-20-8-10-21(11-9-20)15(17-7-4-12-24-17)13-19-18(23)14-5-2-3-6-16(14)22/h2-7,12,15,22H,8-11,13H2,1H3,(H,19,23). The largest absolute Gasteiger partial charge is 0.507 e. The molecule has 1 fully saturated rings. The monoisotopic (exact) mass is 345 g/mol. The van der Waals surface area contributed by atoms with Gasteiger partial charge in [0.1, 0.15) is 5.75 Å². The number of aromatic hydroxyl groups is 1. The minimum absolute atomic E-state index is 0.0160. The molecule has 2 heterocycles. The number of likely N-dealkylation sites (N-methyl/N-ethyl adjacent to an activating group) is 1. The molecule has 1 aromatic heterocycles. The minimum Gasteiger partial charge on any atom is -0.507 e. The molecule has 1 aromatic carbocycles. The highest BCUT2D eigenvalue weighted by Gasteiger charge is 2.25. The summed E-state index contributed by atoms with van der Waals surface area (Å²) in [6, 6.07) is 11.0. The van der Waals surface area contributed by atoms with Gasteiger partial charge in [-0.1, -0.05) is 18.2 Å². The summed E-state index contributed by atoms with van der Waals surface area (Å²) in [4.78, 5) is 18.4. The average Bonchev–Trinajstić information content (AvgIpc) is 3.11. The summed E-state index contributed by atoms with van der Waals surface area (Å²) in [5.74, 6) is -0.217. The van der Waals surface area contributed by atoms with E-state index in [-0.39, 0.29) is 17.7 Å². The van der Waals surface area contributed by atoms with E-state index >= 15 is 0 Å². The fraction of sp³-hybridized carbons (Fsp3) is 0.389. The van der Waals surface area contributed by atoms with Crippen molar-refractivity contribution in [3.63, 3.8) is 0 Å². The Labute approximate surface area is 146 Å². The lowest BCUT2D eigenvalue weighted by molar-refractivity contribution is 0.0888. The molecule has 1 amide bonds. The molecule has 2 N–H and O–H groups in total. The van der Waals surface area contributed by atoms with E-state index in [0.717, 1.165) is 26.2 Å². The lowest BCUT2D eigenvalue weighted by atomic mass is 10.1. The molecule has 1 saturated heterocycles. The molecule has 0 spiro atoms. The molecule has 1 unspecified atom stereocenters. The van der Waals surface area contributed by atoms with Crippen molar-refractivity contribution in [3.8, 4) is 5.75 Å². The van der Waals surface area contributed by atoms with Crippen molar-refractivity contribution >= 4 is 17.2 Å². The van der Waals surface area contributed by atoms with Gasteiger partial charge in [-0.2, -0.15) is 0 Å². The lowest BCUT2D eigenvalue weighted by Crippen LogP contribution is -2.48. The molecule has 6 heteroatoms. The second kappa shape index (κ2) is 7.79. The Balaban J connectivity index is 1.68. The Morgan fingerprint density at radius 3 is 2.62 bits per heavy atom. The first-order chi connectivity index (χ1) is 11.6. The number of carbonyl (C=O) groups excluding carboxylic acids is 1. The van der Waals surface area contributed by atoms with Crippen LogP contribution in [0.25, 0.3) is 0 Å². The van der Waals surface area contributed by atoms with Crippen LogP contribution in [0.3, 0.4) is 0 Å². The summed E-state index contributed by atoms with van der Waals surface area (Å²) in [6.45, 7) is 4.60. The first kappa shape index (κ1) is 17.0. The maximum atomic E-state index is 12.4. The molecule has 0 saturated carbocycles. The van der Waals surface area contributed by atoms with Crippen molar-refractivity contribution in [1.29, 1.82) is 0 Å². The fourth-order valence-corrected chi connectivity index (χ4v) is 3.84. The number of rotatable bonds is 5. The molecule has 1 aliphatic rings. The smallest absolute Gasteiger partial charge is 0.255 e. The number of hydrogen-bond donors (Lipinski definition) is 2. The fourth-order valence-electron chi connectivity index (χ4n) is 2.97. The summed E-state index contributed by atoms with van der Waals surface area (Å²) in [5, 5.41) is 14.9. The van der Waals surface area contributed by atoms with Gasteiger partial charge in [0, 0.05) is 37.6 Å². The van der Waals surface area contributed by atoms with Crippen molar-refractivity contribution in [3.05, 3.63) is 52.2 Å². The molecule has 2 aromatic rings. The molecule has 24 heavy (non-hydrogen) atoms. The van der Waals surface area contributed by atoms with Crippen LogP contribution in [0.2, 0.25) is 0 Å². The third-order valence-electron chi connectivity index (χ3n) is 4.45. The van der Waals surface area contributed by atoms with Gasteiger partial charge in [-0.05, 0) is 30.6 Å². The summed E-state index contributed by atoms with van der Waals surface area (Å²) in [7, 11) is 2.14. The van der Waals surface area contributed by atoms with Crippen LogP contribution in [0, 0.1) is 0 Å². The first-order valence-corrected chi connectivity index (χ1v) is 9.05. The highest BCUT2D eigenvalue weighted by atomic mass is 32.1. The number of para-hydroxylation sites is 1. The van der Waals surface area contributed by atoms with Crippen LogP contribution in [0.15, 0.2) is 41.8 Å². The van der Waals surface area contributed by atoms with E-state index in [1.54, 1.807) is 29.5 Å². The maximum Gasteiger partial charge on any atom is 0.255 e. The number of piperazine rings is 1. The molecule has 128 valence electrons. The molecule has 0 bridgehead atoms. The third-order valence-corrected chi connectivity index (χ3v) is 5.43. The Morgan fingerprint density at radius 2 is 1.96 bits per heavy atom. The lowest BCUT2D eigenvalue weighted by Gasteiger charge is -2.37. The molecular formula is C18H23N3O2S. The molecule has 0 radical (unpaired) electrons. The highest BCUT2D eigenvalue weighted by molar-refractivity contribution is 7.10. The number of phenolic OH excluding ortho intramolecular Hbond substituents is 1. The van der Waals surface area contributed by atoms with Crippen LogP contribution in [-0.2, 0) is 0 Å². The summed E-state index contributed by atoms with van der Waals surface area (Å²) >= 11 is 1.72. The SMILES string of the molecule is CN1CCN(C(CNC(=O)c2ccccc2O)c2cccs2)CC1. The molecule has 5 nitrogen and oxygen atoms in total. The topological polar surface area (TPSA) is 55.8 Å². The van der Waals surface area contributed by atoms with Crippen LogP contribution in [-0.4, -0.2) is 60.6 Å². The van der Waals surface area contributed by atoms with Gasteiger partial charge < -0.3 is 15.3 Å². The molecule has 1 aliphatic heterocycles. The van der Waals surface area contributed by atoms with E-state index in [1.807, 2.05) is 6.07 Å². The van der Waals surface area contributed by atoms with Gasteiger partial charge in [0.15, 0.2) is 0 Å². The third kappa shape index (κ3) is 3.95. The van der Waals surface area contributed by atoms with Crippen LogP contribution in [0.1, 0.15) is 21.3 Å². The maximum absolute atomic E-state index is 12.4. The number of amides is 1. The molecule has 1 atom stereocenters. The summed E-state index contributed by atoms with van der Waals surface area (Å²) in [6.07, 6.45) is 0. The average molecular weight is 345 g/mol. The van der Waals surface area contributed by atoms with E-state index in [9.17, 15) is 9.90 Å². The van der Waals surface area contributed by atoms with E-state index in [2.05, 4.69) is 33.6 Å². The number of nitrogens with zero attached hydrogens (tertiary/aromatic N) is 2. The van der Waals surface area contributed by atoms with Crippen molar-refractivity contribution in [2.75, 3.05) is 39.8 Å². The Hall–Kier alpha value is -1.89. The van der Waals surface area contributed by atoms with E-state index < -0.39 is 0 Å². The van der Waals surface area contributed by atoms with Crippen LogP contribution in [0.4, 0.5) is 0 Å². The van der Waals surface area contributed by atoms with Gasteiger partial charge in [0.05, 0.1) is 11.6 Å². The zero-order valence-corrected chi connectivity index (χ0v) is 14.6. The normalized spacial score (nSPS) is 17.5. The first-order valence-electron chi connectivity index (χ1n) is 8.17. The number of hydrogen-bond acceptors (Lipinski definition) is 5. The Bertz CT molecular complexity index is 667. The molecule has 0 aliphatic carbocycles. The Kier molecular flexibility index (Phi) is 5.50. The number of benzene rings is 1. The zero-order valence-electron chi connectivity index (χ0n) is 13.8. The number of nitrogens with one attached hydrogen (secondary N) is 1. The van der Waals surface area contributed by atoms with Gasteiger partial charge in [-0.25, -0.2) is 0 Å². The predicted molar refractivity (Wildman–Crippen MR) is 96.6 cm³/mol. The Morgan fingerprint density at radius 1 is 1.21 bits per heavy atom. The van der Waals surface area contributed by atoms with E-state index in [4.69, 9.17) is 0 Å². The van der Waals surface area contributed by atoms with Crippen LogP contribution < -0.4 is 5.32 Å². The number of carbonyl (C=O) groups is 1. The zero-order chi connectivity index (χ0) is 16.9. The van der Waals surface area contributed by atoms with Crippen molar-refractivity contribution in [1.82, 2.24) is 15.1 Å². The number of thiophene rings is 1. The van der Waals surface area contributed by atoms with Gasteiger partial charge in [-0.3, -0.25) is 9.69 Å². The quantitative estimate of drug-likeness (QED) is 0.872. The van der Waals surface area contributed by atoms with E-state index in [0.29, 0.717) is 12.1 Å². The molecule has 3 rings (SSSR count). The van der Waals surface area contributed by atoms with Gasteiger partial charge >= 0.3 is 0 Å². The van der Waals surface area contributed by atoms with E-state index in [1.165, 1.54) is 10.9 Å². The van der Waals surface area contributed by atoms with Crippen LogP contribution >= 0.6 is 11.3 Å². The van der Waals surface area contributed by atoms with Gasteiger partial charge in [-0.15, -0.1) is 11.3 Å². The van der Waals surface area contributed by atoms with Gasteiger partial charge in [0.25, 0.3) is 5.91 Å². The van der Waals surface area contributed by atoms with Crippen molar-refractivity contribution < 1.29 is 9.90 Å². The second-order valence-electron chi connectivity index (χ2n) is 6.10. The van der Waals surface area contributed by atoms with Gasteiger partial charge in [0.2, 0.25) is 0 Å². The minimum atomic E-state index is -0.233. The molecular weight excluding hydrogens is 322 g/mol. The van der Waals surface area contributed by atoms with Crippen molar-refractivity contribution in [2.24, 2.45) is 0 Å². The van der Waals surface area contributed by atoms with Crippen LogP contribution in [0.5, 0.6) is 5.75 Å². The number of phenols is 1. The van der Waals surface area contributed by atoms with Crippen molar-refractivity contribution in [2.45, 2.75) is 6.04 Å². The predicted octanol–water partition coefficient (Wildman–Crippen LogP) is 2.17. The highest BCUT2D eigenvalue weighted by Crippen LogP contribution is 2.26. The summed E-state index contributed by atoms with van der Waals surface area (Å²) < 4.78 is 0. The summed E-state index contributed by atoms with van der Waals surface area (Å²) in [5.41, 5.74) is 0.320. The second-order valence-corrected chi connectivity index (χ2v) is 7.08.